The van der Waals surface area contributed by atoms with E-state index in [9.17, 15) is 9.18 Å². The largest absolute Gasteiger partial charge is 0.478 e. The fourth-order valence-electron chi connectivity index (χ4n) is 1.44. The van der Waals surface area contributed by atoms with Crippen molar-refractivity contribution >= 4 is 5.97 Å². The molecule has 0 atom stereocenters. The fraction of sp³-hybridized carbons (Fsp3) is 0. The maximum absolute atomic E-state index is 13.0. The zero-order valence-electron chi connectivity index (χ0n) is 8.22. The Kier molecular flexibility index (Phi) is 2.64. The summed E-state index contributed by atoms with van der Waals surface area (Å²) in [5.41, 5.74) is 0.792. The van der Waals surface area contributed by atoms with Gasteiger partial charge < -0.3 is 5.11 Å². The Labute approximate surface area is 91.2 Å². The first kappa shape index (κ1) is 10.3. The van der Waals surface area contributed by atoms with Gasteiger partial charge in [0.05, 0.1) is 11.3 Å². The molecule has 2 aromatic rings. The van der Waals surface area contributed by atoms with Gasteiger partial charge in [-0.05, 0) is 24.3 Å². The van der Waals surface area contributed by atoms with Gasteiger partial charge in [0, 0.05) is 11.8 Å². The first-order valence-corrected chi connectivity index (χ1v) is 4.63. The van der Waals surface area contributed by atoms with Crippen molar-refractivity contribution in [3.63, 3.8) is 0 Å². The lowest BCUT2D eigenvalue weighted by Gasteiger charge is -2.04. The van der Waals surface area contributed by atoms with Crippen LogP contribution in [0.5, 0.6) is 0 Å². The monoisotopic (exact) mass is 217 g/mol. The number of hydrogen-bond donors (Lipinski definition) is 1. The highest BCUT2D eigenvalue weighted by Gasteiger charge is 2.12. The maximum Gasteiger partial charge on any atom is 0.337 e. The van der Waals surface area contributed by atoms with Crippen LogP contribution in [-0.2, 0) is 0 Å². The lowest BCUT2D eigenvalue weighted by atomic mass is 10.1. The van der Waals surface area contributed by atoms with Crippen molar-refractivity contribution in [1.82, 2.24) is 4.98 Å². The summed E-state index contributed by atoms with van der Waals surface area (Å²) >= 11 is 0. The Morgan fingerprint density at radius 1 is 1.25 bits per heavy atom. The van der Waals surface area contributed by atoms with Crippen molar-refractivity contribution in [1.29, 1.82) is 0 Å². The number of carboxylic acid groups (broad SMARTS) is 1. The van der Waals surface area contributed by atoms with Gasteiger partial charge in [0.25, 0.3) is 0 Å². The molecule has 80 valence electrons. The lowest BCUT2D eigenvalue weighted by molar-refractivity contribution is 0.0697. The summed E-state index contributed by atoms with van der Waals surface area (Å²) in [6.45, 7) is 0. The van der Waals surface area contributed by atoms with E-state index in [4.69, 9.17) is 5.11 Å². The van der Waals surface area contributed by atoms with Gasteiger partial charge in [0.15, 0.2) is 0 Å². The van der Waals surface area contributed by atoms with Crippen LogP contribution in [0.25, 0.3) is 11.3 Å². The van der Waals surface area contributed by atoms with Gasteiger partial charge in [-0.3, -0.25) is 4.98 Å². The topological polar surface area (TPSA) is 50.2 Å². The second-order valence-corrected chi connectivity index (χ2v) is 3.22. The number of hydrogen-bond acceptors (Lipinski definition) is 2. The molecule has 1 aromatic carbocycles. The Hall–Kier alpha value is -2.23. The normalized spacial score (nSPS) is 10.1. The molecule has 1 N–H and O–H groups in total. The molecule has 1 heterocycles. The van der Waals surface area contributed by atoms with E-state index in [-0.39, 0.29) is 11.3 Å². The average Bonchev–Trinajstić information content (AvgIpc) is 2.29. The van der Waals surface area contributed by atoms with Gasteiger partial charge >= 0.3 is 5.97 Å². The fourth-order valence-corrected chi connectivity index (χ4v) is 1.44. The second-order valence-electron chi connectivity index (χ2n) is 3.22. The number of rotatable bonds is 2. The van der Waals surface area contributed by atoms with Crippen LogP contribution < -0.4 is 0 Å². The van der Waals surface area contributed by atoms with Crippen molar-refractivity contribution in [2.75, 3.05) is 0 Å². The van der Waals surface area contributed by atoms with Crippen LogP contribution in [0, 0.1) is 5.82 Å². The van der Waals surface area contributed by atoms with Crippen molar-refractivity contribution in [2.24, 2.45) is 0 Å². The van der Waals surface area contributed by atoms with Gasteiger partial charge in [-0.15, -0.1) is 0 Å². The summed E-state index contributed by atoms with van der Waals surface area (Å²) in [5, 5.41) is 8.96. The third kappa shape index (κ3) is 1.91. The van der Waals surface area contributed by atoms with Crippen LogP contribution in [0.2, 0.25) is 0 Å². The molecule has 0 aliphatic rings. The molecule has 4 heteroatoms. The predicted octanol–water partition coefficient (Wildman–Crippen LogP) is 2.59. The molecular formula is C12H8FNO2. The van der Waals surface area contributed by atoms with E-state index >= 15 is 0 Å². The third-order valence-electron chi connectivity index (χ3n) is 2.14. The van der Waals surface area contributed by atoms with E-state index in [0.717, 1.165) is 0 Å². The Bertz CT molecular complexity index is 540. The van der Waals surface area contributed by atoms with E-state index < -0.39 is 11.8 Å². The lowest BCUT2D eigenvalue weighted by Crippen LogP contribution is -2.01. The first-order valence-electron chi connectivity index (χ1n) is 4.63. The Morgan fingerprint density at radius 2 is 2.06 bits per heavy atom. The minimum absolute atomic E-state index is 0.0631. The summed E-state index contributed by atoms with van der Waals surface area (Å²) in [7, 11) is 0. The molecule has 0 bridgehead atoms. The molecule has 0 aliphatic heterocycles. The molecular weight excluding hydrogens is 209 g/mol. The predicted molar refractivity (Wildman–Crippen MR) is 56.6 cm³/mol. The maximum atomic E-state index is 13.0. The SMILES string of the molecule is O=C(O)c1cccnc1-c1cccc(F)c1. The average molecular weight is 217 g/mol. The quantitative estimate of drug-likeness (QED) is 0.841. The van der Waals surface area contributed by atoms with E-state index in [1.54, 1.807) is 6.07 Å². The number of aromatic carboxylic acids is 1. The molecule has 1 aromatic heterocycles. The molecule has 0 unspecified atom stereocenters. The minimum atomic E-state index is -1.08. The Morgan fingerprint density at radius 3 is 2.75 bits per heavy atom. The first-order chi connectivity index (χ1) is 7.68. The smallest absolute Gasteiger partial charge is 0.337 e. The number of benzene rings is 1. The van der Waals surface area contributed by atoms with Crippen LogP contribution in [-0.4, -0.2) is 16.1 Å². The van der Waals surface area contributed by atoms with Crippen LogP contribution in [0.4, 0.5) is 4.39 Å². The molecule has 0 radical (unpaired) electrons. The number of aromatic nitrogens is 1. The number of carboxylic acids is 1. The van der Waals surface area contributed by atoms with E-state index in [0.29, 0.717) is 5.56 Å². The van der Waals surface area contributed by atoms with Crippen LogP contribution in [0.1, 0.15) is 10.4 Å². The Balaban J connectivity index is 2.60. The van der Waals surface area contributed by atoms with Crippen molar-refractivity contribution in [3.8, 4) is 11.3 Å². The zero-order chi connectivity index (χ0) is 11.5. The van der Waals surface area contributed by atoms with Crippen molar-refractivity contribution < 1.29 is 14.3 Å². The molecule has 0 aliphatic carbocycles. The van der Waals surface area contributed by atoms with Gasteiger partial charge in [0.2, 0.25) is 0 Å². The summed E-state index contributed by atoms with van der Waals surface area (Å²) in [6.07, 6.45) is 1.48. The van der Waals surface area contributed by atoms with Crippen molar-refractivity contribution in [3.05, 3.63) is 54.0 Å². The number of pyridine rings is 1. The van der Waals surface area contributed by atoms with Crippen LogP contribution >= 0.6 is 0 Å². The highest BCUT2D eigenvalue weighted by molar-refractivity contribution is 5.94. The van der Waals surface area contributed by atoms with Crippen molar-refractivity contribution in [2.45, 2.75) is 0 Å². The summed E-state index contributed by atoms with van der Waals surface area (Å²) < 4.78 is 13.0. The number of carbonyl (C=O) groups is 1. The zero-order valence-corrected chi connectivity index (χ0v) is 8.22. The second kappa shape index (κ2) is 4.10. The summed E-state index contributed by atoms with van der Waals surface area (Å²) in [6, 6.07) is 8.67. The summed E-state index contributed by atoms with van der Waals surface area (Å²) in [4.78, 5) is 14.9. The molecule has 0 saturated heterocycles. The standard InChI is InChI=1S/C12H8FNO2/c13-9-4-1-3-8(7-9)11-10(12(15)16)5-2-6-14-11/h1-7H,(H,15,16). The molecule has 0 amide bonds. The highest BCUT2D eigenvalue weighted by Crippen LogP contribution is 2.21. The van der Waals surface area contributed by atoms with Crippen LogP contribution in [0.15, 0.2) is 42.6 Å². The van der Waals surface area contributed by atoms with Gasteiger partial charge in [-0.2, -0.15) is 0 Å². The minimum Gasteiger partial charge on any atom is -0.478 e. The number of nitrogens with zero attached hydrogens (tertiary/aromatic N) is 1. The molecule has 3 nitrogen and oxygen atoms in total. The molecule has 2 rings (SSSR count). The third-order valence-corrected chi connectivity index (χ3v) is 2.14. The summed E-state index contributed by atoms with van der Waals surface area (Å²) in [5.74, 6) is -1.49. The van der Waals surface area contributed by atoms with E-state index in [2.05, 4.69) is 4.98 Å². The van der Waals surface area contributed by atoms with Crippen LogP contribution in [0.3, 0.4) is 0 Å². The molecule has 0 fully saturated rings. The van der Waals surface area contributed by atoms with Gasteiger partial charge in [-0.1, -0.05) is 12.1 Å². The van der Waals surface area contributed by atoms with Gasteiger partial charge in [-0.25, -0.2) is 9.18 Å². The van der Waals surface area contributed by atoms with E-state index in [1.165, 1.54) is 36.5 Å². The highest BCUT2D eigenvalue weighted by atomic mass is 19.1. The molecule has 0 spiro atoms. The number of halogens is 1. The molecule has 16 heavy (non-hydrogen) atoms. The molecule has 0 saturated carbocycles. The van der Waals surface area contributed by atoms with E-state index in [1.807, 2.05) is 0 Å². The van der Waals surface area contributed by atoms with Gasteiger partial charge in [0.1, 0.15) is 5.82 Å².